The number of carboxylic acid groups (broad SMARTS) is 1. The molecule has 1 heterocycles. The molecule has 0 amide bonds. The SMILES string of the molecule is COc1cccc2ccc(C(N)CCC(=O)O)nc12. The summed E-state index contributed by atoms with van der Waals surface area (Å²) in [5.41, 5.74) is 7.38. The van der Waals surface area contributed by atoms with E-state index < -0.39 is 5.97 Å². The first-order valence-corrected chi connectivity index (χ1v) is 6.03. The molecule has 0 aliphatic heterocycles. The number of nitrogens with zero attached hydrogens (tertiary/aromatic N) is 1. The summed E-state index contributed by atoms with van der Waals surface area (Å²) >= 11 is 0. The van der Waals surface area contributed by atoms with Crippen LogP contribution in [-0.2, 0) is 4.79 Å². The predicted molar refractivity (Wildman–Crippen MR) is 72.1 cm³/mol. The fraction of sp³-hybridized carbons (Fsp3) is 0.286. The van der Waals surface area contributed by atoms with Gasteiger partial charge < -0.3 is 15.6 Å². The molecule has 0 radical (unpaired) electrons. The number of fused-ring (bicyclic) bond motifs is 1. The van der Waals surface area contributed by atoms with E-state index in [4.69, 9.17) is 15.6 Å². The van der Waals surface area contributed by atoms with Gasteiger partial charge in [0.2, 0.25) is 0 Å². The minimum atomic E-state index is -0.853. The first-order chi connectivity index (χ1) is 9.11. The number of carbonyl (C=O) groups is 1. The summed E-state index contributed by atoms with van der Waals surface area (Å²) in [6.07, 6.45) is 0.399. The number of methoxy groups -OCH3 is 1. The van der Waals surface area contributed by atoms with E-state index in [1.165, 1.54) is 0 Å². The lowest BCUT2D eigenvalue weighted by Crippen LogP contribution is -2.13. The molecule has 0 saturated heterocycles. The molecule has 1 atom stereocenters. The molecule has 1 unspecified atom stereocenters. The number of aromatic nitrogens is 1. The summed E-state index contributed by atoms with van der Waals surface area (Å²) in [6.45, 7) is 0. The Kier molecular flexibility index (Phi) is 3.97. The van der Waals surface area contributed by atoms with E-state index in [1.807, 2.05) is 30.3 Å². The topological polar surface area (TPSA) is 85.4 Å². The molecule has 100 valence electrons. The van der Waals surface area contributed by atoms with Crippen molar-refractivity contribution < 1.29 is 14.6 Å². The molecule has 0 aliphatic rings. The molecule has 0 aliphatic carbocycles. The van der Waals surface area contributed by atoms with Crippen molar-refractivity contribution >= 4 is 16.9 Å². The van der Waals surface area contributed by atoms with Gasteiger partial charge in [-0.2, -0.15) is 0 Å². The molecule has 0 saturated carbocycles. The third-order valence-electron chi connectivity index (χ3n) is 2.97. The standard InChI is InChI=1S/C14H16N2O3/c1-19-12-4-2-3-9-5-7-11(16-14(9)12)10(15)6-8-13(17)18/h2-5,7,10H,6,8,15H2,1H3,(H,17,18). The molecule has 5 heteroatoms. The largest absolute Gasteiger partial charge is 0.494 e. The summed E-state index contributed by atoms with van der Waals surface area (Å²) < 4.78 is 5.26. The molecular weight excluding hydrogens is 244 g/mol. The lowest BCUT2D eigenvalue weighted by atomic mass is 10.1. The Morgan fingerprint density at radius 2 is 2.21 bits per heavy atom. The van der Waals surface area contributed by atoms with Crippen molar-refractivity contribution in [3.8, 4) is 5.75 Å². The summed E-state index contributed by atoms with van der Waals surface area (Å²) in [7, 11) is 1.59. The molecule has 3 N–H and O–H groups in total. The highest BCUT2D eigenvalue weighted by Crippen LogP contribution is 2.25. The number of benzene rings is 1. The fourth-order valence-electron chi connectivity index (χ4n) is 1.93. The number of hydrogen-bond acceptors (Lipinski definition) is 4. The average molecular weight is 260 g/mol. The highest BCUT2D eigenvalue weighted by molar-refractivity contribution is 5.84. The van der Waals surface area contributed by atoms with Crippen molar-refractivity contribution in [2.24, 2.45) is 5.73 Å². The molecule has 2 rings (SSSR count). The minimum Gasteiger partial charge on any atom is -0.494 e. The third kappa shape index (κ3) is 3.00. The van der Waals surface area contributed by atoms with Gasteiger partial charge in [-0.25, -0.2) is 4.98 Å². The van der Waals surface area contributed by atoms with Crippen LogP contribution in [0.15, 0.2) is 30.3 Å². The quantitative estimate of drug-likeness (QED) is 0.860. The maximum atomic E-state index is 10.6. The first kappa shape index (κ1) is 13.3. The summed E-state index contributed by atoms with van der Waals surface area (Å²) in [5.74, 6) is -0.168. The van der Waals surface area contributed by atoms with Crippen LogP contribution in [0.2, 0.25) is 0 Å². The molecule has 0 bridgehead atoms. The average Bonchev–Trinajstić information content (AvgIpc) is 2.43. The fourth-order valence-corrected chi connectivity index (χ4v) is 1.93. The van der Waals surface area contributed by atoms with E-state index in [2.05, 4.69) is 4.98 Å². The smallest absolute Gasteiger partial charge is 0.303 e. The molecule has 5 nitrogen and oxygen atoms in total. The van der Waals surface area contributed by atoms with Gasteiger partial charge in [0.25, 0.3) is 0 Å². The van der Waals surface area contributed by atoms with Gasteiger partial charge in [-0.15, -0.1) is 0 Å². The molecule has 1 aromatic carbocycles. The van der Waals surface area contributed by atoms with Gasteiger partial charge in [0.15, 0.2) is 0 Å². The lowest BCUT2D eigenvalue weighted by molar-refractivity contribution is -0.137. The maximum Gasteiger partial charge on any atom is 0.303 e. The van der Waals surface area contributed by atoms with E-state index >= 15 is 0 Å². The third-order valence-corrected chi connectivity index (χ3v) is 2.97. The zero-order chi connectivity index (χ0) is 13.8. The van der Waals surface area contributed by atoms with Gasteiger partial charge >= 0.3 is 5.97 Å². The molecule has 1 aromatic heterocycles. The van der Waals surface area contributed by atoms with Gasteiger partial charge in [0.05, 0.1) is 12.8 Å². The number of hydrogen-bond donors (Lipinski definition) is 2. The zero-order valence-corrected chi connectivity index (χ0v) is 10.7. The molecule has 0 fully saturated rings. The number of aliphatic carboxylic acids is 1. The monoisotopic (exact) mass is 260 g/mol. The Balaban J connectivity index is 2.32. The van der Waals surface area contributed by atoms with Crippen LogP contribution < -0.4 is 10.5 Å². The predicted octanol–water partition coefficient (Wildman–Crippen LogP) is 2.11. The van der Waals surface area contributed by atoms with Crippen LogP contribution >= 0.6 is 0 Å². The highest BCUT2D eigenvalue weighted by Gasteiger charge is 2.11. The van der Waals surface area contributed by atoms with E-state index in [9.17, 15) is 4.79 Å². The van der Waals surface area contributed by atoms with Crippen molar-refractivity contribution in [3.63, 3.8) is 0 Å². The van der Waals surface area contributed by atoms with E-state index in [1.54, 1.807) is 7.11 Å². The van der Waals surface area contributed by atoms with Crippen LogP contribution in [0.25, 0.3) is 10.9 Å². The number of rotatable bonds is 5. The van der Waals surface area contributed by atoms with Crippen LogP contribution in [-0.4, -0.2) is 23.2 Å². The lowest BCUT2D eigenvalue weighted by Gasteiger charge is -2.12. The van der Waals surface area contributed by atoms with Gasteiger partial charge in [0, 0.05) is 17.8 Å². The van der Waals surface area contributed by atoms with Gasteiger partial charge in [-0.3, -0.25) is 4.79 Å². The highest BCUT2D eigenvalue weighted by atomic mass is 16.5. The van der Waals surface area contributed by atoms with Gasteiger partial charge in [0.1, 0.15) is 11.3 Å². The second-order valence-corrected chi connectivity index (χ2v) is 4.31. The number of ether oxygens (including phenoxy) is 1. The normalized spacial score (nSPS) is 12.3. The van der Waals surface area contributed by atoms with Crippen LogP contribution in [0, 0.1) is 0 Å². The summed E-state index contributed by atoms with van der Waals surface area (Å²) in [5, 5.41) is 9.63. The van der Waals surface area contributed by atoms with Crippen molar-refractivity contribution in [2.45, 2.75) is 18.9 Å². The van der Waals surface area contributed by atoms with Gasteiger partial charge in [-0.05, 0) is 18.6 Å². The number of nitrogens with two attached hydrogens (primary N) is 1. The number of para-hydroxylation sites is 1. The van der Waals surface area contributed by atoms with Crippen molar-refractivity contribution in [2.75, 3.05) is 7.11 Å². The Morgan fingerprint density at radius 1 is 1.42 bits per heavy atom. The van der Waals surface area contributed by atoms with E-state index in [0.29, 0.717) is 17.9 Å². The van der Waals surface area contributed by atoms with Crippen LogP contribution in [0.3, 0.4) is 0 Å². The second-order valence-electron chi connectivity index (χ2n) is 4.31. The Labute approximate surface area is 111 Å². The molecule has 19 heavy (non-hydrogen) atoms. The Morgan fingerprint density at radius 3 is 2.89 bits per heavy atom. The molecule has 0 spiro atoms. The van der Waals surface area contributed by atoms with E-state index in [0.717, 1.165) is 10.9 Å². The zero-order valence-electron chi connectivity index (χ0n) is 10.7. The second kappa shape index (κ2) is 5.67. The molecule has 2 aromatic rings. The Hall–Kier alpha value is -2.14. The van der Waals surface area contributed by atoms with Crippen LogP contribution in [0.1, 0.15) is 24.6 Å². The van der Waals surface area contributed by atoms with Gasteiger partial charge in [-0.1, -0.05) is 18.2 Å². The Bertz CT molecular complexity index is 598. The first-order valence-electron chi connectivity index (χ1n) is 6.03. The number of pyridine rings is 1. The van der Waals surface area contributed by atoms with Crippen LogP contribution in [0.4, 0.5) is 0 Å². The van der Waals surface area contributed by atoms with Crippen molar-refractivity contribution in [3.05, 3.63) is 36.0 Å². The maximum absolute atomic E-state index is 10.6. The minimum absolute atomic E-state index is 0.0345. The molecular formula is C14H16N2O3. The van der Waals surface area contributed by atoms with Crippen molar-refractivity contribution in [1.29, 1.82) is 0 Å². The number of carboxylic acids is 1. The summed E-state index contributed by atoms with van der Waals surface area (Å²) in [4.78, 5) is 15.0. The van der Waals surface area contributed by atoms with E-state index in [-0.39, 0.29) is 12.5 Å². The van der Waals surface area contributed by atoms with Crippen molar-refractivity contribution in [1.82, 2.24) is 4.98 Å². The van der Waals surface area contributed by atoms with Crippen LogP contribution in [0.5, 0.6) is 5.75 Å². The summed E-state index contributed by atoms with van der Waals surface area (Å²) in [6, 6.07) is 9.03.